The smallest absolute Gasteiger partial charge is 0.388 e. The van der Waals surface area contributed by atoms with Crippen LogP contribution in [0.25, 0.3) is 10.9 Å². The number of amides is 1. The zero-order valence-electron chi connectivity index (χ0n) is 18.1. The molecule has 0 unspecified atom stereocenters. The van der Waals surface area contributed by atoms with Crippen molar-refractivity contribution in [1.82, 2.24) is 14.8 Å². The van der Waals surface area contributed by atoms with Crippen molar-refractivity contribution in [3.8, 4) is 5.88 Å². The van der Waals surface area contributed by atoms with E-state index >= 15 is 0 Å². The molecular formula is C20H24F3N7O3. The minimum Gasteiger partial charge on any atom is -0.415 e. The van der Waals surface area contributed by atoms with E-state index < -0.39 is 30.4 Å². The summed E-state index contributed by atoms with van der Waals surface area (Å²) in [6.45, 7) is -1.16. The number of primary amides is 1. The number of methoxy groups -OCH3 is 1. The Morgan fingerprint density at radius 1 is 1.27 bits per heavy atom. The average molecular weight is 467 g/mol. The molecule has 2 atom stereocenters. The predicted octanol–water partition coefficient (Wildman–Crippen LogP) is 2.33. The summed E-state index contributed by atoms with van der Waals surface area (Å²) in [6, 6.07) is 4.77. The van der Waals surface area contributed by atoms with Crippen molar-refractivity contribution in [2.75, 3.05) is 24.4 Å². The molecule has 0 spiro atoms. The molecule has 10 nitrogen and oxygen atoms in total. The van der Waals surface area contributed by atoms with Crippen LogP contribution < -0.4 is 26.8 Å². The maximum Gasteiger partial charge on any atom is 0.388 e. The number of aryl methyl sites for hydroxylation is 1. The Labute approximate surface area is 187 Å². The number of carbonyl (C=O) groups is 1. The summed E-state index contributed by atoms with van der Waals surface area (Å²) < 4.78 is 51.1. The number of carbonyl (C=O) groups excluding carboxylic acids is 1. The third kappa shape index (κ3) is 5.43. The van der Waals surface area contributed by atoms with Gasteiger partial charge in [0.25, 0.3) is 5.91 Å². The summed E-state index contributed by atoms with van der Waals surface area (Å²) >= 11 is 0. The molecule has 0 aliphatic carbocycles. The monoisotopic (exact) mass is 467 g/mol. The van der Waals surface area contributed by atoms with Crippen LogP contribution in [-0.4, -0.2) is 53.1 Å². The molecule has 2 heterocycles. The average Bonchev–Trinajstić information content (AvgIpc) is 3.03. The molecule has 13 heteroatoms. The van der Waals surface area contributed by atoms with Crippen molar-refractivity contribution in [2.45, 2.75) is 25.6 Å². The number of hydrogen-bond acceptors (Lipinski definition) is 8. The summed E-state index contributed by atoms with van der Waals surface area (Å²) in [5, 5.41) is 9.96. The van der Waals surface area contributed by atoms with Gasteiger partial charge in [0, 0.05) is 25.9 Å². The Morgan fingerprint density at radius 3 is 2.61 bits per heavy atom. The van der Waals surface area contributed by atoms with Gasteiger partial charge in [-0.2, -0.15) is 8.78 Å². The Bertz CT molecular complexity index is 1150. The highest BCUT2D eigenvalue weighted by atomic mass is 19.3. The molecule has 1 aromatic carbocycles. The maximum atomic E-state index is 14.6. The highest BCUT2D eigenvalue weighted by Gasteiger charge is 2.21. The lowest BCUT2D eigenvalue weighted by Gasteiger charge is -2.23. The Balaban J connectivity index is 2.01. The highest BCUT2D eigenvalue weighted by Crippen LogP contribution is 2.31. The van der Waals surface area contributed by atoms with Crippen LogP contribution in [0.4, 0.5) is 30.5 Å². The normalized spacial score (nSPS) is 13.2. The van der Waals surface area contributed by atoms with Crippen LogP contribution in [0.2, 0.25) is 0 Å². The van der Waals surface area contributed by atoms with Crippen molar-refractivity contribution < 1.29 is 27.4 Å². The van der Waals surface area contributed by atoms with Crippen LogP contribution >= 0.6 is 0 Å². The van der Waals surface area contributed by atoms with E-state index in [0.717, 1.165) is 6.07 Å². The number of nitrogens with zero attached hydrogens (tertiary/aromatic N) is 3. The molecule has 33 heavy (non-hydrogen) atoms. The molecule has 2 aromatic heterocycles. The van der Waals surface area contributed by atoms with Crippen molar-refractivity contribution in [2.24, 2.45) is 18.5 Å². The third-order valence-corrected chi connectivity index (χ3v) is 4.82. The number of fused-ring (bicyclic) bond motifs is 1. The van der Waals surface area contributed by atoms with Crippen LogP contribution in [0.15, 0.2) is 24.3 Å². The minimum absolute atomic E-state index is 0.0493. The fourth-order valence-electron chi connectivity index (χ4n) is 3.17. The summed E-state index contributed by atoms with van der Waals surface area (Å²) in [7, 11) is 3.05. The molecule has 0 bridgehead atoms. The first-order chi connectivity index (χ1) is 15.6. The lowest BCUT2D eigenvalue weighted by Crippen LogP contribution is -2.41. The molecule has 0 aliphatic rings. The van der Waals surface area contributed by atoms with E-state index in [4.69, 9.17) is 16.2 Å². The lowest BCUT2D eigenvalue weighted by atomic mass is 10.1. The molecule has 3 aromatic rings. The summed E-state index contributed by atoms with van der Waals surface area (Å²) in [5.41, 5.74) is 12.0. The van der Waals surface area contributed by atoms with Crippen molar-refractivity contribution in [1.29, 1.82) is 0 Å². The van der Waals surface area contributed by atoms with E-state index in [2.05, 4.69) is 25.5 Å². The second-order valence-corrected chi connectivity index (χ2v) is 7.31. The number of ether oxygens (including phenoxy) is 2. The summed E-state index contributed by atoms with van der Waals surface area (Å²) in [6.07, 6.45) is 0. The number of anilines is 3. The van der Waals surface area contributed by atoms with Gasteiger partial charge < -0.3 is 31.6 Å². The van der Waals surface area contributed by atoms with Crippen LogP contribution in [0.3, 0.4) is 0 Å². The topological polar surface area (TPSA) is 142 Å². The number of alkyl halides is 2. The quantitative estimate of drug-likeness (QED) is 0.356. The second kappa shape index (κ2) is 9.92. The van der Waals surface area contributed by atoms with Crippen LogP contribution in [0, 0.1) is 5.82 Å². The molecule has 0 saturated heterocycles. The van der Waals surface area contributed by atoms with Crippen LogP contribution in [0.1, 0.15) is 17.3 Å². The van der Waals surface area contributed by atoms with Gasteiger partial charge >= 0.3 is 6.61 Å². The first kappa shape index (κ1) is 24.1. The van der Waals surface area contributed by atoms with E-state index in [1.54, 1.807) is 26.1 Å². The largest absolute Gasteiger partial charge is 0.415 e. The van der Waals surface area contributed by atoms with Crippen molar-refractivity contribution >= 4 is 34.1 Å². The fourth-order valence-corrected chi connectivity index (χ4v) is 3.17. The number of nitrogens with two attached hydrogens (primary N) is 2. The first-order valence-corrected chi connectivity index (χ1v) is 9.80. The molecule has 178 valence electrons. The van der Waals surface area contributed by atoms with Gasteiger partial charge in [-0.05, 0) is 31.2 Å². The van der Waals surface area contributed by atoms with Gasteiger partial charge in [-0.1, -0.05) is 0 Å². The number of rotatable bonds is 10. The SMILES string of the molecule is COC[C@@H](Nc1nc(Nc2ccc3c(c2)c(OC(F)F)nn3C)c(C(N)=O)cc1F)[C@H](C)N. The van der Waals surface area contributed by atoms with Gasteiger partial charge in [0.15, 0.2) is 11.6 Å². The Hall–Kier alpha value is -3.58. The number of halogens is 3. The van der Waals surface area contributed by atoms with Crippen LogP contribution in [-0.2, 0) is 11.8 Å². The van der Waals surface area contributed by atoms with E-state index in [-0.39, 0.29) is 29.7 Å². The molecule has 0 radical (unpaired) electrons. The van der Waals surface area contributed by atoms with E-state index in [1.165, 1.54) is 17.9 Å². The second-order valence-electron chi connectivity index (χ2n) is 7.31. The van der Waals surface area contributed by atoms with Gasteiger partial charge in [-0.3, -0.25) is 9.48 Å². The zero-order valence-corrected chi connectivity index (χ0v) is 18.1. The predicted molar refractivity (Wildman–Crippen MR) is 116 cm³/mol. The lowest BCUT2D eigenvalue weighted by molar-refractivity contribution is -0.0521. The molecule has 1 amide bonds. The van der Waals surface area contributed by atoms with E-state index in [0.29, 0.717) is 16.6 Å². The highest BCUT2D eigenvalue weighted by molar-refractivity contribution is 5.99. The molecule has 6 N–H and O–H groups in total. The van der Waals surface area contributed by atoms with Gasteiger partial charge in [0.2, 0.25) is 5.88 Å². The number of aromatic nitrogens is 3. The number of pyridine rings is 1. The zero-order chi connectivity index (χ0) is 24.3. The first-order valence-electron chi connectivity index (χ1n) is 9.80. The summed E-state index contributed by atoms with van der Waals surface area (Å²) in [4.78, 5) is 16.1. The van der Waals surface area contributed by atoms with E-state index in [9.17, 15) is 18.0 Å². The maximum absolute atomic E-state index is 14.6. The standard InChI is InChI=1S/C20H24F3N7O3/c1-9(24)14(8-32-3)27-18-13(21)7-12(16(25)31)17(28-18)26-10-4-5-15-11(6-10)19(29-30(15)2)33-20(22)23/h4-7,9,14,20H,8,24H2,1-3H3,(H2,25,31)(H2,26,27,28)/t9-,14+/m0/s1. The van der Waals surface area contributed by atoms with Gasteiger partial charge in [-0.25, -0.2) is 9.37 Å². The Morgan fingerprint density at radius 2 is 2.00 bits per heavy atom. The molecular weight excluding hydrogens is 443 g/mol. The minimum atomic E-state index is -3.06. The van der Waals surface area contributed by atoms with Crippen LogP contribution in [0.5, 0.6) is 5.88 Å². The molecule has 0 aliphatic heterocycles. The third-order valence-electron chi connectivity index (χ3n) is 4.82. The van der Waals surface area contributed by atoms with E-state index in [1.807, 2.05) is 0 Å². The number of hydrogen-bond donors (Lipinski definition) is 4. The molecule has 3 rings (SSSR count). The van der Waals surface area contributed by atoms with Gasteiger partial charge in [0.1, 0.15) is 5.82 Å². The fraction of sp³-hybridized carbons (Fsp3) is 0.350. The summed E-state index contributed by atoms with van der Waals surface area (Å²) in [5.74, 6) is -2.22. The van der Waals surface area contributed by atoms with Crippen molar-refractivity contribution in [3.63, 3.8) is 0 Å². The van der Waals surface area contributed by atoms with Gasteiger partial charge in [0.05, 0.1) is 29.1 Å². The molecule has 0 fully saturated rings. The van der Waals surface area contributed by atoms with Crippen molar-refractivity contribution in [3.05, 3.63) is 35.6 Å². The van der Waals surface area contributed by atoms with Gasteiger partial charge in [-0.15, -0.1) is 5.10 Å². The Kier molecular flexibility index (Phi) is 7.23. The number of benzene rings is 1. The number of nitrogens with one attached hydrogen (secondary N) is 2. The molecule has 0 saturated carbocycles.